The topological polar surface area (TPSA) is 32.3 Å². The van der Waals surface area contributed by atoms with E-state index in [4.69, 9.17) is 0 Å². The number of ketones is 1. The van der Waals surface area contributed by atoms with Gasteiger partial charge >= 0.3 is 0 Å². The Morgan fingerprint density at radius 3 is 2.76 bits per heavy atom. The largest absolute Gasteiger partial charge is 0.369 e. The highest BCUT2D eigenvalue weighted by molar-refractivity contribution is 6.05. The lowest BCUT2D eigenvalue weighted by molar-refractivity contribution is 0.104. The number of benzene rings is 1. The minimum absolute atomic E-state index is 0.000477. The van der Waals surface area contributed by atoms with E-state index in [1.807, 2.05) is 19.1 Å². The normalized spacial score (nSPS) is 15.7. The summed E-state index contributed by atoms with van der Waals surface area (Å²) in [5.41, 5.74) is 2.90. The lowest BCUT2D eigenvalue weighted by Gasteiger charge is -2.29. The van der Waals surface area contributed by atoms with Crippen LogP contribution in [-0.4, -0.2) is 32.0 Å². The standard InChI is InChI=1S/C14H18N2O/c1-3-14(17)13-10-12(5-4-11(13)2)16-8-6-15-7-9-16/h3-5,10,15H,1,6-9H2,2H3. The minimum atomic E-state index is -0.000477. The first kappa shape index (κ1) is 11.9. The van der Waals surface area contributed by atoms with Crippen molar-refractivity contribution in [3.63, 3.8) is 0 Å². The number of carbonyl (C=O) groups is 1. The average molecular weight is 230 g/mol. The summed E-state index contributed by atoms with van der Waals surface area (Å²) in [6.45, 7) is 9.48. The first-order valence-corrected chi connectivity index (χ1v) is 5.95. The van der Waals surface area contributed by atoms with Gasteiger partial charge in [0.2, 0.25) is 0 Å². The summed E-state index contributed by atoms with van der Waals surface area (Å²) in [7, 11) is 0. The zero-order chi connectivity index (χ0) is 12.3. The van der Waals surface area contributed by atoms with Crippen molar-refractivity contribution in [1.82, 2.24) is 5.32 Å². The van der Waals surface area contributed by atoms with E-state index < -0.39 is 0 Å². The summed E-state index contributed by atoms with van der Waals surface area (Å²) in [6, 6.07) is 6.07. The molecule has 1 aliphatic rings. The van der Waals surface area contributed by atoms with Crippen molar-refractivity contribution in [1.29, 1.82) is 0 Å². The van der Waals surface area contributed by atoms with Crippen molar-refractivity contribution in [2.45, 2.75) is 6.92 Å². The molecule has 1 aromatic carbocycles. The number of nitrogens with zero attached hydrogens (tertiary/aromatic N) is 1. The predicted molar refractivity (Wildman–Crippen MR) is 70.8 cm³/mol. The molecule has 0 bridgehead atoms. The molecule has 1 N–H and O–H groups in total. The highest BCUT2D eigenvalue weighted by Crippen LogP contribution is 2.20. The van der Waals surface area contributed by atoms with Crippen molar-refractivity contribution in [2.75, 3.05) is 31.1 Å². The van der Waals surface area contributed by atoms with E-state index in [9.17, 15) is 4.79 Å². The summed E-state index contributed by atoms with van der Waals surface area (Å²) in [5, 5.41) is 3.32. The number of piperazine rings is 1. The third kappa shape index (κ3) is 2.56. The van der Waals surface area contributed by atoms with Crippen LogP contribution in [0.1, 0.15) is 15.9 Å². The van der Waals surface area contributed by atoms with Gasteiger partial charge in [0.25, 0.3) is 0 Å². The van der Waals surface area contributed by atoms with E-state index >= 15 is 0 Å². The number of rotatable bonds is 3. The van der Waals surface area contributed by atoms with Crippen LogP contribution in [-0.2, 0) is 0 Å². The SMILES string of the molecule is C=CC(=O)c1cc(N2CCNCC2)ccc1C. The fraction of sp³-hybridized carbons (Fsp3) is 0.357. The molecular formula is C14H18N2O. The number of hydrogen-bond acceptors (Lipinski definition) is 3. The fourth-order valence-electron chi connectivity index (χ4n) is 2.11. The van der Waals surface area contributed by atoms with Gasteiger partial charge in [-0.1, -0.05) is 12.6 Å². The van der Waals surface area contributed by atoms with Crippen LogP contribution < -0.4 is 10.2 Å². The van der Waals surface area contributed by atoms with E-state index in [-0.39, 0.29) is 5.78 Å². The molecule has 0 unspecified atom stereocenters. The molecule has 1 heterocycles. The Bertz CT molecular complexity index is 434. The molecule has 0 atom stereocenters. The second-order valence-corrected chi connectivity index (χ2v) is 4.30. The van der Waals surface area contributed by atoms with Gasteiger partial charge in [-0.2, -0.15) is 0 Å². The Morgan fingerprint density at radius 1 is 1.41 bits per heavy atom. The molecule has 3 heteroatoms. The van der Waals surface area contributed by atoms with Crippen molar-refractivity contribution >= 4 is 11.5 Å². The molecule has 1 aromatic rings. The summed E-state index contributed by atoms with van der Waals surface area (Å²) in [6.07, 6.45) is 1.38. The van der Waals surface area contributed by atoms with Gasteiger partial charge in [0.1, 0.15) is 0 Å². The first-order chi connectivity index (χ1) is 8.22. The molecule has 0 amide bonds. The van der Waals surface area contributed by atoms with Gasteiger partial charge in [-0.05, 0) is 30.7 Å². The fourth-order valence-corrected chi connectivity index (χ4v) is 2.11. The Morgan fingerprint density at radius 2 is 2.12 bits per heavy atom. The number of nitrogens with one attached hydrogen (secondary N) is 1. The lowest BCUT2D eigenvalue weighted by Crippen LogP contribution is -2.43. The van der Waals surface area contributed by atoms with E-state index in [0.29, 0.717) is 0 Å². The Labute approximate surface area is 102 Å². The molecule has 0 aliphatic carbocycles. The molecule has 1 aliphatic heterocycles. The smallest absolute Gasteiger partial charge is 0.185 e. The van der Waals surface area contributed by atoms with E-state index in [1.54, 1.807) is 0 Å². The second-order valence-electron chi connectivity index (χ2n) is 4.30. The quantitative estimate of drug-likeness (QED) is 0.634. The molecule has 2 rings (SSSR count). The van der Waals surface area contributed by atoms with Gasteiger partial charge in [0.15, 0.2) is 5.78 Å². The molecule has 1 fully saturated rings. The third-order valence-corrected chi connectivity index (χ3v) is 3.15. The summed E-state index contributed by atoms with van der Waals surface area (Å²) < 4.78 is 0. The first-order valence-electron chi connectivity index (χ1n) is 5.95. The van der Waals surface area contributed by atoms with Crippen LogP contribution in [0, 0.1) is 6.92 Å². The van der Waals surface area contributed by atoms with Crippen LogP contribution in [0.5, 0.6) is 0 Å². The van der Waals surface area contributed by atoms with Crippen LogP contribution in [0.15, 0.2) is 30.9 Å². The van der Waals surface area contributed by atoms with Gasteiger partial charge in [-0.15, -0.1) is 0 Å². The van der Waals surface area contributed by atoms with Crippen molar-refractivity contribution in [2.24, 2.45) is 0 Å². The zero-order valence-corrected chi connectivity index (χ0v) is 10.2. The monoisotopic (exact) mass is 230 g/mol. The van der Waals surface area contributed by atoms with E-state index in [1.165, 1.54) is 6.08 Å². The summed E-state index contributed by atoms with van der Waals surface area (Å²) >= 11 is 0. The van der Waals surface area contributed by atoms with Crippen LogP contribution in [0.25, 0.3) is 0 Å². The summed E-state index contributed by atoms with van der Waals surface area (Å²) in [4.78, 5) is 14.0. The van der Waals surface area contributed by atoms with Crippen LogP contribution in [0.3, 0.4) is 0 Å². The van der Waals surface area contributed by atoms with Gasteiger partial charge < -0.3 is 10.2 Å². The maximum Gasteiger partial charge on any atom is 0.185 e. The highest BCUT2D eigenvalue weighted by Gasteiger charge is 2.13. The molecule has 1 saturated heterocycles. The number of allylic oxidation sites excluding steroid dienone is 1. The van der Waals surface area contributed by atoms with Crippen molar-refractivity contribution in [3.8, 4) is 0 Å². The minimum Gasteiger partial charge on any atom is -0.369 e. The maximum absolute atomic E-state index is 11.7. The highest BCUT2D eigenvalue weighted by atomic mass is 16.1. The lowest BCUT2D eigenvalue weighted by atomic mass is 10.0. The Hall–Kier alpha value is -1.61. The molecular weight excluding hydrogens is 212 g/mol. The van der Waals surface area contributed by atoms with Gasteiger partial charge in [-0.3, -0.25) is 4.79 Å². The second kappa shape index (κ2) is 5.15. The van der Waals surface area contributed by atoms with E-state index in [2.05, 4.69) is 22.9 Å². The molecule has 0 saturated carbocycles. The molecule has 0 radical (unpaired) electrons. The van der Waals surface area contributed by atoms with Crippen molar-refractivity contribution < 1.29 is 4.79 Å². The third-order valence-electron chi connectivity index (χ3n) is 3.15. The molecule has 90 valence electrons. The van der Waals surface area contributed by atoms with Gasteiger partial charge in [-0.25, -0.2) is 0 Å². The molecule has 3 nitrogen and oxygen atoms in total. The van der Waals surface area contributed by atoms with Crippen molar-refractivity contribution in [3.05, 3.63) is 42.0 Å². The van der Waals surface area contributed by atoms with Gasteiger partial charge in [0.05, 0.1) is 0 Å². The van der Waals surface area contributed by atoms with Gasteiger partial charge in [0, 0.05) is 37.4 Å². The summed E-state index contributed by atoms with van der Waals surface area (Å²) in [5.74, 6) is -0.000477. The Kier molecular flexibility index (Phi) is 3.59. The number of anilines is 1. The van der Waals surface area contributed by atoms with E-state index in [0.717, 1.165) is 43.0 Å². The molecule has 0 spiro atoms. The zero-order valence-electron chi connectivity index (χ0n) is 10.2. The number of aryl methyl sites for hydroxylation is 1. The average Bonchev–Trinajstić information content (AvgIpc) is 2.39. The molecule has 17 heavy (non-hydrogen) atoms. The van der Waals surface area contributed by atoms with Crippen LogP contribution in [0.4, 0.5) is 5.69 Å². The maximum atomic E-state index is 11.7. The predicted octanol–water partition coefficient (Wildman–Crippen LogP) is 1.77. The Balaban J connectivity index is 2.29. The molecule has 0 aromatic heterocycles. The van der Waals surface area contributed by atoms with Crippen LogP contribution in [0.2, 0.25) is 0 Å². The number of carbonyl (C=O) groups excluding carboxylic acids is 1. The number of hydrogen-bond donors (Lipinski definition) is 1. The van der Waals surface area contributed by atoms with Crippen LogP contribution >= 0.6 is 0 Å².